The highest BCUT2D eigenvalue weighted by molar-refractivity contribution is 7.03. The molecule has 0 saturated carbocycles. The lowest BCUT2D eigenvalue weighted by atomic mass is 10.1. The highest BCUT2D eigenvalue weighted by Gasteiger charge is 2.16. The van der Waals surface area contributed by atoms with Crippen molar-refractivity contribution in [2.75, 3.05) is 0 Å². The van der Waals surface area contributed by atoms with Crippen LogP contribution in [0.25, 0.3) is 0 Å². The molecule has 14 heavy (non-hydrogen) atoms. The Hall–Kier alpha value is -1.24. The van der Waals surface area contributed by atoms with Crippen molar-refractivity contribution in [3.05, 3.63) is 35.4 Å². The second-order valence-electron chi connectivity index (χ2n) is 2.95. The maximum atomic E-state index is 5.50. The predicted octanol–water partition coefficient (Wildman–Crippen LogP) is 0.429. The molecule has 0 radical (unpaired) electrons. The van der Waals surface area contributed by atoms with Crippen LogP contribution >= 0.6 is 11.5 Å². The molecule has 0 fully saturated rings. The molecule has 0 aliphatic carbocycles. The molecule has 0 aliphatic heterocycles. The van der Waals surface area contributed by atoms with Gasteiger partial charge < -0.3 is 4.57 Å². The molecule has 5 nitrogen and oxygen atoms in total. The van der Waals surface area contributed by atoms with Crippen molar-refractivity contribution in [2.45, 2.75) is 6.04 Å². The van der Waals surface area contributed by atoms with E-state index in [9.17, 15) is 0 Å². The van der Waals surface area contributed by atoms with E-state index < -0.39 is 0 Å². The summed E-state index contributed by atoms with van der Waals surface area (Å²) in [6, 6.07) is 1.86. The van der Waals surface area contributed by atoms with Crippen LogP contribution in [0.1, 0.15) is 17.4 Å². The lowest BCUT2D eigenvalue weighted by Crippen LogP contribution is -2.30. The first kappa shape index (κ1) is 9.32. The summed E-state index contributed by atoms with van der Waals surface area (Å²) in [5, 5.41) is 1.93. The second-order valence-corrected chi connectivity index (χ2v) is 3.62. The van der Waals surface area contributed by atoms with E-state index in [0.717, 1.165) is 11.4 Å². The molecule has 0 spiro atoms. The normalized spacial score (nSPS) is 13.0. The first-order valence-corrected chi connectivity index (χ1v) is 4.99. The van der Waals surface area contributed by atoms with Gasteiger partial charge in [-0.2, -0.15) is 4.37 Å². The number of rotatable bonds is 3. The van der Waals surface area contributed by atoms with E-state index in [2.05, 4.69) is 14.8 Å². The Balaban J connectivity index is 2.36. The maximum Gasteiger partial charge on any atom is 0.106 e. The van der Waals surface area contributed by atoms with Gasteiger partial charge in [0, 0.05) is 12.4 Å². The van der Waals surface area contributed by atoms with E-state index in [0.29, 0.717) is 0 Å². The van der Waals surface area contributed by atoms with Crippen molar-refractivity contribution >= 4 is 11.5 Å². The Morgan fingerprint density at radius 2 is 2.50 bits per heavy atom. The molecule has 6 heteroatoms. The molecule has 1 atom stereocenters. The Labute approximate surface area is 85.7 Å². The molecule has 0 amide bonds. The van der Waals surface area contributed by atoms with Gasteiger partial charge in [0.2, 0.25) is 0 Å². The van der Waals surface area contributed by atoms with E-state index in [-0.39, 0.29) is 6.04 Å². The lowest BCUT2D eigenvalue weighted by Gasteiger charge is -2.13. The number of nitrogens with two attached hydrogens (primary N) is 1. The average Bonchev–Trinajstić information content (AvgIpc) is 2.80. The Morgan fingerprint density at radius 1 is 1.64 bits per heavy atom. The highest BCUT2D eigenvalue weighted by atomic mass is 32.1. The minimum absolute atomic E-state index is 0.0891. The predicted molar refractivity (Wildman–Crippen MR) is 54.5 cm³/mol. The minimum atomic E-state index is -0.0891. The van der Waals surface area contributed by atoms with E-state index in [1.807, 2.05) is 23.1 Å². The third-order valence-corrected chi connectivity index (χ3v) is 2.64. The van der Waals surface area contributed by atoms with Gasteiger partial charge in [-0.05, 0) is 17.6 Å². The quantitative estimate of drug-likeness (QED) is 0.568. The average molecular weight is 209 g/mol. The molecule has 2 heterocycles. The van der Waals surface area contributed by atoms with Crippen LogP contribution in [-0.2, 0) is 7.05 Å². The summed E-state index contributed by atoms with van der Waals surface area (Å²) in [6.45, 7) is 0. The molecule has 0 bridgehead atoms. The first-order valence-electron chi connectivity index (χ1n) is 4.15. The lowest BCUT2D eigenvalue weighted by molar-refractivity contribution is 0.588. The smallest absolute Gasteiger partial charge is 0.106 e. The van der Waals surface area contributed by atoms with Gasteiger partial charge in [-0.1, -0.05) is 0 Å². The van der Waals surface area contributed by atoms with Crippen LogP contribution in [0.5, 0.6) is 0 Å². The van der Waals surface area contributed by atoms with E-state index in [4.69, 9.17) is 5.84 Å². The van der Waals surface area contributed by atoms with Gasteiger partial charge in [-0.25, -0.2) is 10.4 Å². The number of hydrazine groups is 1. The van der Waals surface area contributed by atoms with Crippen LogP contribution in [0.2, 0.25) is 0 Å². The molecule has 0 aromatic carbocycles. The summed E-state index contributed by atoms with van der Waals surface area (Å²) in [6.07, 6.45) is 3.52. The standard InChI is InChI=1S/C8H11N5S/c1-13-5-10-4-7(13)8(11-9)6-2-3-14-12-6/h2-5,8,11H,9H2,1H3. The van der Waals surface area contributed by atoms with Crippen molar-refractivity contribution in [2.24, 2.45) is 12.9 Å². The second kappa shape index (κ2) is 3.87. The number of nitrogens with one attached hydrogen (secondary N) is 1. The van der Waals surface area contributed by atoms with Crippen molar-refractivity contribution in [1.29, 1.82) is 0 Å². The van der Waals surface area contributed by atoms with Crippen LogP contribution in [-0.4, -0.2) is 13.9 Å². The Morgan fingerprint density at radius 3 is 3.00 bits per heavy atom. The molecule has 2 aromatic rings. The molecule has 2 aromatic heterocycles. The first-order chi connectivity index (χ1) is 6.83. The molecule has 0 aliphatic rings. The number of imidazole rings is 1. The molecular weight excluding hydrogens is 198 g/mol. The Kier molecular flexibility index (Phi) is 2.58. The highest BCUT2D eigenvalue weighted by Crippen LogP contribution is 2.19. The zero-order valence-electron chi connectivity index (χ0n) is 7.71. The summed E-state index contributed by atoms with van der Waals surface area (Å²) in [5.74, 6) is 5.50. The van der Waals surface area contributed by atoms with Gasteiger partial charge in [0.1, 0.15) is 6.04 Å². The number of hydrogen-bond donors (Lipinski definition) is 2. The molecule has 0 saturated heterocycles. The number of aryl methyl sites for hydroxylation is 1. The van der Waals surface area contributed by atoms with Crippen LogP contribution in [0.3, 0.4) is 0 Å². The number of aromatic nitrogens is 3. The van der Waals surface area contributed by atoms with Gasteiger partial charge >= 0.3 is 0 Å². The van der Waals surface area contributed by atoms with Gasteiger partial charge in [-0.15, -0.1) is 0 Å². The third kappa shape index (κ3) is 1.54. The topological polar surface area (TPSA) is 68.8 Å². The van der Waals surface area contributed by atoms with Crippen LogP contribution < -0.4 is 11.3 Å². The number of nitrogens with zero attached hydrogens (tertiary/aromatic N) is 3. The summed E-state index contributed by atoms with van der Waals surface area (Å²) in [5.41, 5.74) is 4.65. The molecule has 1 unspecified atom stereocenters. The molecule has 74 valence electrons. The maximum absolute atomic E-state index is 5.50. The largest absolute Gasteiger partial charge is 0.336 e. The van der Waals surface area contributed by atoms with Crippen LogP contribution in [0.4, 0.5) is 0 Å². The Bertz CT molecular complexity index is 394. The fourth-order valence-corrected chi connectivity index (χ4v) is 1.89. The molecular formula is C8H11N5S. The van der Waals surface area contributed by atoms with Crippen molar-refractivity contribution in [1.82, 2.24) is 19.4 Å². The van der Waals surface area contributed by atoms with Gasteiger partial charge in [0.25, 0.3) is 0 Å². The zero-order valence-corrected chi connectivity index (χ0v) is 8.53. The van der Waals surface area contributed by atoms with Gasteiger partial charge in [0.15, 0.2) is 0 Å². The summed E-state index contributed by atoms with van der Waals surface area (Å²) in [4.78, 5) is 4.04. The van der Waals surface area contributed by atoms with Crippen LogP contribution in [0, 0.1) is 0 Å². The van der Waals surface area contributed by atoms with Crippen molar-refractivity contribution in [3.8, 4) is 0 Å². The summed E-state index contributed by atoms with van der Waals surface area (Å²) in [7, 11) is 1.93. The fourth-order valence-electron chi connectivity index (χ4n) is 1.34. The zero-order chi connectivity index (χ0) is 9.97. The van der Waals surface area contributed by atoms with Gasteiger partial charge in [0.05, 0.1) is 23.9 Å². The number of hydrogen-bond acceptors (Lipinski definition) is 5. The summed E-state index contributed by atoms with van der Waals surface area (Å²) < 4.78 is 6.16. The van der Waals surface area contributed by atoms with E-state index in [1.165, 1.54) is 11.5 Å². The van der Waals surface area contributed by atoms with Crippen LogP contribution in [0.15, 0.2) is 24.0 Å². The van der Waals surface area contributed by atoms with E-state index >= 15 is 0 Å². The third-order valence-electron chi connectivity index (χ3n) is 2.07. The van der Waals surface area contributed by atoms with Crippen molar-refractivity contribution in [3.63, 3.8) is 0 Å². The molecule has 3 N–H and O–H groups in total. The minimum Gasteiger partial charge on any atom is -0.336 e. The summed E-state index contributed by atoms with van der Waals surface area (Å²) >= 11 is 1.41. The molecule has 2 rings (SSSR count). The fraction of sp³-hybridized carbons (Fsp3) is 0.250. The van der Waals surface area contributed by atoms with E-state index in [1.54, 1.807) is 12.5 Å². The SMILES string of the molecule is Cn1cncc1C(NN)c1ccsn1. The monoisotopic (exact) mass is 209 g/mol. The van der Waals surface area contributed by atoms with Crippen molar-refractivity contribution < 1.29 is 0 Å². The van der Waals surface area contributed by atoms with Gasteiger partial charge in [-0.3, -0.25) is 5.84 Å².